The van der Waals surface area contributed by atoms with Gasteiger partial charge in [-0.25, -0.2) is 0 Å². The second kappa shape index (κ2) is 9.20. The number of hydrogen-bond acceptors (Lipinski definition) is 10. The summed E-state index contributed by atoms with van der Waals surface area (Å²) >= 11 is 0. The summed E-state index contributed by atoms with van der Waals surface area (Å²) in [5.41, 5.74) is 1.05. The summed E-state index contributed by atoms with van der Waals surface area (Å²) in [6, 6.07) is 6.62. The molecule has 0 saturated carbocycles. The Labute approximate surface area is 196 Å². The van der Waals surface area contributed by atoms with Gasteiger partial charge in [0.1, 0.15) is 24.0 Å². The number of carbonyl (C=O) groups excluding carboxylic acids is 2. The number of carbonyl (C=O) groups is 2. The number of esters is 2. The Balaban J connectivity index is 1.75. The third-order valence-corrected chi connectivity index (χ3v) is 6.10. The first kappa shape index (κ1) is 23.3. The number of cyclic esters (lactones) is 2. The predicted octanol–water partition coefficient (Wildman–Crippen LogP) is 2.87. The Morgan fingerprint density at radius 3 is 1.06 bits per heavy atom. The van der Waals surface area contributed by atoms with Gasteiger partial charge in [-0.1, -0.05) is 0 Å². The average molecular weight is 474 g/mol. The van der Waals surface area contributed by atoms with Gasteiger partial charge in [0.15, 0.2) is 23.0 Å². The highest BCUT2D eigenvalue weighted by atomic mass is 16.6. The first-order chi connectivity index (χ1) is 16.4. The summed E-state index contributed by atoms with van der Waals surface area (Å²) in [7, 11) is 8.90. The van der Waals surface area contributed by atoms with Crippen LogP contribution in [-0.4, -0.2) is 54.6 Å². The van der Waals surface area contributed by atoms with Crippen LogP contribution in [0.3, 0.4) is 0 Å². The maximum absolute atomic E-state index is 13.0. The smallest absolute Gasteiger partial charge is 0.314 e. The van der Waals surface area contributed by atoms with Crippen molar-refractivity contribution in [3.8, 4) is 34.5 Å². The molecule has 0 aromatic heterocycles. The summed E-state index contributed by atoms with van der Waals surface area (Å²) in [6.07, 6.45) is -1.77. The third kappa shape index (κ3) is 3.59. The summed E-state index contributed by atoms with van der Waals surface area (Å²) < 4.78 is 43.7. The number of rotatable bonds is 8. The van der Waals surface area contributed by atoms with Crippen molar-refractivity contribution < 1.29 is 47.5 Å². The van der Waals surface area contributed by atoms with E-state index < -0.39 is 36.0 Å². The highest BCUT2D eigenvalue weighted by Gasteiger charge is 2.60. The van der Waals surface area contributed by atoms with Gasteiger partial charge in [0, 0.05) is 11.1 Å². The predicted molar refractivity (Wildman–Crippen MR) is 117 cm³/mol. The van der Waals surface area contributed by atoms with Gasteiger partial charge in [0.05, 0.1) is 42.7 Å². The summed E-state index contributed by atoms with van der Waals surface area (Å²) in [6.45, 7) is 0. The van der Waals surface area contributed by atoms with E-state index in [9.17, 15) is 9.59 Å². The molecular weight excluding hydrogens is 448 g/mol. The van der Waals surface area contributed by atoms with Crippen LogP contribution in [0, 0.1) is 11.8 Å². The monoisotopic (exact) mass is 474 g/mol. The maximum Gasteiger partial charge on any atom is 0.314 e. The number of hydrogen-bond donors (Lipinski definition) is 0. The lowest BCUT2D eigenvalue weighted by Crippen LogP contribution is -2.19. The molecule has 2 aromatic carbocycles. The molecule has 0 unspecified atom stereocenters. The van der Waals surface area contributed by atoms with Gasteiger partial charge < -0.3 is 37.9 Å². The Bertz CT molecular complexity index is 973. The zero-order valence-corrected chi connectivity index (χ0v) is 19.7. The highest BCUT2D eigenvalue weighted by Crippen LogP contribution is 2.54. The van der Waals surface area contributed by atoms with E-state index in [1.54, 1.807) is 24.3 Å². The topological polar surface area (TPSA) is 108 Å². The fourth-order valence-electron chi connectivity index (χ4n) is 4.55. The lowest BCUT2D eigenvalue weighted by Gasteiger charge is -2.19. The number of fused-ring (bicyclic) bond motifs is 1. The first-order valence-corrected chi connectivity index (χ1v) is 10.4. The van der Waals surface area contributed by atoms with E-state index in [-0.39, 0.29) is 0 Å². The molecule has 4 atom stereocenters. The minimum Gasteiger partial charge on any atom is -0.493 e. The molecule has 4 rings (SSSR count). The lowest BCUT2D eigenvalue weighted by atomic mass is 9.84. The zero-order valence-electron chi connectivity index (χ0n) is 19.7. The van der Waals surface area contributed by atoms with Crippen LogP contribution in [-0.2, 0) is 19.1 Å². The van der Waals surface area contributed by atoms with Gasteiger partial charge in [0.25, 0.3) is 0 Å². The molecule has 10 heteroatoms. The van der Waals surface area contributed by atoms with Crippen LogP contribution >= 0.6 is 0 Å². The molecule has 0 aliphatic carbocycles. The van der Waals surface area contributed by atoms with Crippen molar-refractivity contribution in [2.45, 2.75) is 12.2 Å². The molecule has 0 radical (unpaired) electrons. The highest BCUT2D eigenvalue weighted by molar-refractivity contribution is 5.90. The third-order valence-electron chi connectivity index (χ3n) is 6.10. The van der Waals surface area contributed by atoms with Gasteiger partial charge in [0.2, 0.25) is 11.5 Å². The molecule has 2 aliphatic rings. The van der Waals surface area contributed by atoms with Crippen molar-refractivity contribution in [3.63, 3.8) is 0 Å². The van der Waals surface area contributed by atoms with Crippen LogP contribution in [0.2, 0.25) is 0 Å². The largest absolute Gasteiger partial charge is 0.493 e. The van der Waals surface area contributed by atoms with Crippen LogP contribution in [0.25, 0.3) is 0 Å². The number of benzene rings is 2. The minimum absolute atomic E-state index is 0.379. The van der Waals surface area contributed by atoms with Crippen LogP contribution < -0.4 is 28.4 Å². The minimum atomic E-state index is -0.884. The fourth-order valence-corrected chi connectivity index (χ4v) is 4.55. The van der Waals surface area contributed by atoms with Crippen molar-refractivity contribution in [1.29, 1.82) is 0 Å². The van der Waals surface area contributed by atoms with Gasteiger partial charge in [-0.3, -0.25) is 9.59 Å². The SMILES string of the molecule is COc1cc([C@@H]2OC(=O)[C@H]3[C@H]2C(=O)O[C@H]3c2cc(OC)c(OC)c(OC)c2)cc(OC)c1OC. The van der Waals surface area contributed by atoms with Crippen LogP contribution in [0.15, 0.2) is 24.3 Å². The van der Waals surface area contributed by atoms with Crippen molar-refractivity contribution in [2.75, 3.05) is 42.7 Å². The molecule has 182 valence electrons. The van der Waals surface area contributed by atoms with Gasteiger partial charge in [-0.05, 0) is 24.3 Å². The van der Waals surface area contributed by atoms with Crippen molar-refractivity contribution >= 4 is 11.9 Å². The normalized spacial score (nSPS) is 23.0. The van der Waals surface area contributed by atoms with Crippen molar-refractivity contribution in [3.05, 3.63) is 35.4 Å². The van der Waals surface area contributed by atoms with E-state index in [0.717, 1.165) is 0 Å². The second-order valence-corrected chi connectivity index (χ2v) is 7.68. The Kier molecular flexibility index (Phi) is 6.32. The molecule has 2 saturated heterocycles. The zero-order chi connectivity index (χ0) is 24.6. The van der Waals surface area contributed by atoms with E-state index >= 15 is 0 Å². The maximum atomic E-state index is 13.0. The second-order valence-electron chi connectivity index (χ2n) is 7.68. The lowest BCUT2D eigenvalue weighted by molar-refractivity contribution is -0.154. The molecule has 2 aromatic rings. The fraction of sp³-hybridized carbons (Fsp3) is 0.417. The molecule has 0 bridgehead atoms. The Morgan fingerprint density at radius 1 is 0.529 bits per heavy atom. The van der Waals surface area contributed by atoms with Gasteiger partial charge >= 0.3 is 11.9 Å². The van der Waals surface area contributed by atoms with E-state index in [1.165, 1.54) is 42.7 Å². The summed E-state index contributed by atoms with van der Waals surface area (Å²) in [5, 5.41) is 0. The standard InChI is InChI=1S/C24H26O10/c1-27-13-7-11(8-14(28-2)21(13)31-5)19-17-18(24(26)33-19)20(34-23(17)25)12-9-15(29-3)22(32-6)16(10-12)30-4/h7-10,17-20H,1-6H3/t17-,18+,19-,20-/m0/s1. The Morgan fingerprint density at radius 2 is 0.824 bits per heavy atom. The molecule has 34 heavy (non-hydrogen) atoms. The molecule has 2 aliphatic heterocycles. The Hall–Kier alpha value is -3.82. The van der Waals surface area contributed by atoms with E-state index in [4.69, 9.17) is 37.9 Å². The van der Waals surface area contributed by atoms with E-state index in [1.807, 2.05) is 0 Å². The van der Waals surface area contributed by atoms with Gasteiger partial charge in [-0.15, -0.1) is 0 Å². The number of methoxy groups -OCH3 is 6. The summed E-state index contributed by atoms with van der Waals surface area (Å²) in [5.74, 6) is -0.529. The molecule has 10 nitrogen and oxygen atoms in total. The molecule has 2 fully saturated rings. The first-order valence-electron chi connectivity index (χ1n) is 10.4. The van der Waals surface area contributed by atoms with Crippen LogP contribution in [0.5, 0.6) is 34.5 Å². The summed E-state index contributed by atoms with van der Waals surface area (Å²) in [4.78, 5) is 26.0. The number of ether oxygens (including phenoxy) is 8. The molecular formula is C24H26O10. The van der Waals surface area contributed by atoms with Gasteiger partial charge in [-0.2, -0.15) is 0 Å². The quantitative estimate of drug-likeness (QED) is 0.530. The average Bonchev–Trinajstić information content (AvgIpc) is 3.39. The molecule has 0 spiro atoms. The van der Waals surface area contributed by atoms with E-state index in [0.29, 0.717) is 45.6 Å². The van der Waals surface area contributed by atoms with Crippen LogP contribution in [0.1, 0.15) is 23.3 Å². The molecule has 0 N–H and O–H groups in total. The molecule has 2 heterocycles. The van der Waals surface area contributed by atoms with Crippen molar-refractivity contribution in [1.82, 2.24) is 0 Å². The van der Waals surface area contributed by atoms with Crippen molar-refractivity contribution in [2.24, 2.45) is 11.8 Å². The van der Waals surface area contributed by atoms with E-state index in [2.05, 4.69) is 0 Å². The van der Waals surface area contributed by atoms with Crippen LogP contribution in [0.4, 0.5) is 0 Å². The molecule has 0 amide bonds.